The SMILES string of the molecule is CCOC(O[C@@H]1CN(C(=O)CN(C)C)NC(=O)N[C@@H]1Cc1ccccc1)[Si](C)(C)C. The number of ether oxygens (including phenoxy) is 2. The summed E-state index contributed by atoms with van der Waals surface area (Å²) in [6, 6.07) is 9.24. The molecule has 8 nitrogen and oxygen atoms in total. The van der Waals surface area contributed by atoms with Crippen LogP contribution >= 0.6 is 0 Å². The van der Waals surface area contributed by atoms with E-state index >= 15 is 0 Å². The molecule has 0 radical (unpaired) electrons. The van der Waals surface area contributed by atoms with E-state index in [0.29, 0.717) is 13.0 Å². The highest BCUT2D eigenvalue weighted by Crippen LogP contribution is 2.20. The van der Waals surface area contributed by atoms with Crippen LogP contribution in [0, 0.1) is 0 Å². The fourth-order valence-corrected chi connectivity index (χ4v) is 4.53. The van der Waals surface area contributed by atoms with Crippen LogP contribution in [0.5, 0.6) is 0 Å². The van der Waals surface area contributed by atoms with Crippen LogP contribution in [0.4, 0.5) is 4.79 Å². The van der Waals surface area contributed by atoms with Crippen LogP contribution < -0.4 is 10.7 Å². The van der Waals surface area contributed by atoms with Gasteiger partial charge in [0.25, 0.3) is 5.91 Å². The summed E-state index contributed by atoms with van der Waals surface area (Å²) in [7, 11) is 1.82. The minimum Gasteiger partial charge on any atom is -0.357 e. The van der Waals surface area contributed by atoms with Crippen molar-refractivity contribution < 1.29 is 19.1 Å². The van der Waals surface area contributed by atoms with Gasteiger partial charge >= 0.3 is 6.03 Å². The van der Waals surface area contributed by atoms with E-state index in [1.807, 2.05) is 51.4 Å². The molecule has 1 saturated heterocycles. The van der Waals surface area contributed by atoms with Gasteiger partial charge in [0.05, 0.1) is 19.1 Å². The second-order valence-electron chi connectivity index (χ2n) is 8.95. The quantitative estimate of drug-likeness (QED) is 0.456. The maximum Gasteiger partial charge on any atom is 0.333 e. The largest absolute Gasteiger partial charge is 0.357 e. The molecular weight excluding hydrogens is 400 g/mol. The van der Waals surface area contributed by atoms with Gasteiger partial charge in [-0.15, -0.1) is 0 Å². The lowest BCUT2D eigenvalue weighted by atomic mass is 10.0. The number of carbonyl (C=O) groups excluding carboxylic acids is 2. The molecule has 0 saturated carbocycles. The highest BCUT2D eigenvalue weighted by atomic mass is 28.3. The van der Waals surface area contributed by atoms with Crippen LogP contribution in [0.15, 0.2) is 30.3 Å². The first-order chi connectivity index (χ1) is 14.1. The number of nitrogens with zero attached hydrogens (tertiary/aromatic N) is 2. The molecule has 1 fully saturated rings. The summed E-state index contributed by atoms with van der Waals surface area (Å²) in [6.45, 7) is 9.47. The Morgan fingerprint density at radius 2 is 1.93 bits per heavy atom. The summed E-state index contributed by atoms with van der Waals surface area (Å²) in [5.41, 5.74) is 3.76. The number of hydrazine groups is 1. The zero-order chi connectivity index (χ0) is 22.3. The first kappa shape index (κ1) is 24.3. The van der Waals surface area contributed by atoms with Crippen molar-refractivity contribution >= 4 is 20.0 Å². The topological polar surface area (TPSA) is 83.1 Å². The lowest BCUT2D eigenvalue weighted by molar-refractivity contribution is -0.149. The van der Waals surface area contributed by atoms with Gasteiger partial charge in [0.15, 0.2) is 0 Å². The van der Waals surface area contributed by atoms with Gasteiger partial charge in [0.2, 0.25) is 0 Å². The Hall–Kier alpha value is -1.94. The Kier molecular flexibility index (Phi) is 8.84. The Morgan fingerprint density at radius 3 is 2.50 bits per heavy atom. The Morgan fingerprint density at radius 1 is 1.27 bits per heavy atom. The van der Waals surface area contributed by atoms with Crippen LogP contribution in [-0.2, 0) is 20.7 Å². The smallest absolute Gasteiger partial charge is 0.333 e. The number of nitrogens with one attached hydrogen (secondary N) is 2. The molecule has 2 rings (SSSR count). The second kappa shape index (κ2) is 10.9. The minimum atomic E-state index is -1.81. The molecule has 3 atom stereocenters. The molecule has 3 amide bonds. The standard InChI is InChI=1S/C21H36N4O4Si/c1-7-28-21(30(4,5)6)29-18-14-25(19(26)15-24(2)3)23-20(27)22-17(18)13-16-11-9-8-10-12-16/h8-12,17-18,21H,7,13-15H2,1-6H3,(H2,22,23,27)/t17-,18-,21?/m1/s1. The van der Waals surface area contributed by atoms with E-state index in [0.717, 1.165) is 5.56 Å². The third-order valence-corrected chi connectivity index (χ3v) is 6.46. The number of likely N-dealkylation sites (N-methyl/N-ethyl adjacent to an activating group) is 1. The molecule has 9 heteroatoms. The molecular formula is C21H36N4O4Si. The molecule has 2 N–H and O–H groups in total. The van der Waals surface area contributed by atoms with Gasteiger partial charge in [0, 0.05) is 6.61 Å². The zero-order valence-electron chi connectivity index (χ0n) is 19.0. The van der Waals surface area contributed by atoms with Gasteiger partial charge in [-0.3, -0.25) is 4.79 Å². The van der Waals surface area contributed by atoms with E-state index in [2.05, 4.69) is 30.4 Å². The first-order valence-electron chi connectivity index (χ1n) is 10.4. The first-order valence-corrected chi connectivity index (χ1v) is 14.0. The van der Waals surface area contributed by atoms with Crippen LogP contribution in [0.25, 0.3) is 0 Å². The van der Waals surface area contributed by atoms with Crippen molar-refractivity contribution in [1.29, 1.82) is 0 Å². The Balaban J connectivity index is 2.29. The summed E-state index contributed by atoms with van der Waals surface area (Å²) in [5, 5.41) is 4.35. The third kappa shape index (κ3) is 7.39. The van der Waals surface area contributed by atoms with E-state index in [1.165, 1.54) is 5.01 Å². The fraction of sp³-hybridized carbons (Fsp3) is 0.619. The van der Waals surface area contributed by atoms with Crippen molar-refractivity contribution in [2.24, 2.45) is 0 Å². The molecule has 1 heterocycles. The molecule has 0 aromatic heterocycles. The predicted octanol–water partition coefficient (Wildman–Crippen LogP) is 1.84. The van der Waals surface area contributed by atoms with Crippen molar-refractivity contribution in [2.45, 2.75) is 51.0 Å². The highest BCUT2D eigenvalue weighted by Gasteiger charge is 2.38. The highest BCUT2D eigenvalue weighted by molar-refractivity contribution is 6.77. The molecule has 1 aliphatic rings. The van der Waals surface area contributed by atoms with Crippen molar-refractivity contribution in [3.8, 4) is 0 Å². The summed E-state index contributed by atoms with van der Waals surface area (Å²) in [6.07, 6.45) is 0.178. The molecule has 168 valence electrons. The number of carbonyl (C=O) groups is 2. The van der Waals surface area contributed by atoms with E-state index in [9.17, 15) is 9.59 Å². The van der Waals surface area contributed by atoms with Crippen molar-refractivity contribution in [1.82, 2.24) is 20.7 Å². The second-order valence-corrected chi connectivity index (χ2v) is 14.2. The molecule has 1 unspecified atom stereocenters. The monoisotopic (exact) mass is 436 g/mol. The lowest BCUT2D eigenvalue weighted by Crippen LogP contribution is -2.53. The van der Waals surface area contributed by atoms with Gasteiger partial charge in [0.1, 0.15) is 20.1 Å². The average Bonchev–Trinajstić information content (AvgIpc) is 2.80. The van der Waals surface area contributed by atoms with Crippen molar-refractivity contribution in [3.05, 3.63) is 35.9 Å². The molecule has 30 heavy (non-hydrogen) atoms. The molecule has 0 bridgehead atoms. The van der Waals surface area contributed by atoms with E-state index < -0.39 is 20.2 Å². The third-order valence-electron chi connectivity index (χ3n) is 4.74. The average molecular weight is 437 g/mol. The molecule has 1 aromatic rings. The fourth-order valence-electron chi connectivity index (χ4n) is 3.28. The van der Waals surface area contributed by atoms with Crippen LogP contribution in [0.1, 0.15) is 12.5 Å². The summed E-state index contributed by atoms with van der Waals surface area (Å²) in [5.74, 6) is -0.531. The molecule has 0 spiro atoms. The summed E-state index contributed by atoms with van der Waals surface area (Å²) in [4.78, 5) is 27.0. The summed E-state index contributed by atoms with van der Waals surface area (Å²) < 4.78 is 12.4. The van der Waals surface area contributed by atoms with Gasteiger partial charge in [-0.25, -0.2) is 15.2 Å². The predicted molar refractivity (Wildman–Crippen MR) is 120 cm³/mol. The van der Waals surface area contributed by atoms with Crippen molar-refractivity contribution in [2.75, 3.05) is 33.8 Å². The number of amides is 3. The Bertz CT molecular complexity index is 696. The van der Waals surface area contributed by atoms with Crippen molar-refractivity contribution in [3.63, 3.8) is 0 Å². The number of rotatable bonds is 9. The zero-order valence-corrected chi connectivity index (χ0v) is 20.0. The maximum absolute atomic E-state index is 12.7. The molecule has 1 aliphatic heterocycles. The van der Waals surface area contributed by atoms with Crippen LogP contribution in [-0.4, -0.2) is 81.8 Å². The van der Waals surface area contributed by atoms with Gasteiger partial charge in [-0.05, 0) is 33.0 Å². The normalized spacial score (nSPS) is 21.0. The maximum atomic E-state index is 12.7. The number of hydrogen-bond acceptors (Lipinski definition) is 5. The van der Waals surface area contributed by atoms with Crippen LogP contribution in [0.3, 0.4) is 0 Å². The molecule has 0 aliphatic carbocycles. The number of hydrogen-bond donors (Lipinski definition) is 2. The minimum absolute atomic E-state index is 0.190. The number of urea groups is 1. The van der Waals surface area contributed by atoms with E-state index in [4.69, 9.17) is 9.47 Å². The van der Waals surface area contributed by atoms with Gasteiger partial charge in [-0.2, -0.15) is 0 Å². The number of benzene rings is 1. The lowest BCUT2D eigenvalue weighted by Gasteiger charge is -2.35. The van der Waals surface area contributed by atoms with Gasteiger partial charge < -0.3 is 19.7 Å². The Labute approximate surface area is 180 Å². The van der Waals surface area contributed by atoms with Gasteiger partial charge in [-0.1, -0.05) is 50.0 Å². The molecule has 1 aromatic carbocycles. The van der Waals surface area contributed by atoms with E-state index in [-0.39, 0.29) is 31.0 Å². The van der Waals surface area contributed by atoms with Crippen LogP contribution in [0.2, 0.25) is 19.6 Å². The summed E-state index contributed by atoms with van der Waals surface area (Å²) >= 11 is 0. The van der Waals surface area contributed by atoms with E-state index in [1.54, 1.807) is 4.90 Å².